The molecule has 1 aromatic heterocycles. The van der Waals surface area contributed by atoms with Gasteiger partial charge in [0.2, 0.25) is 5.88 Å². The number of methoxy groups -OCH3 is 1. The highest BCUT2D eigenvalue weighted by Crippen LogP contribution is 2.44. The number of amides is 1. The summed E-state index contributed by atoms with van der Waals surface area (Å²) in [5.41, 5.74) is 1.10. The summed E-state index contributed by atoms with van der Waals surface area (Å²) in [7, 11) is 1.56. The quantitative estimate of drug-likeness (QED) is 0.581. The first-order chi connectivity index (χ1) is 14.4. The van der Waals surface area contributed by atoms with E-state index in [4.69, 9.17) is 9.47 Å². The summed E-state index contributed by atoms with van der Waals surface area (Å²) in [6.07, 6.45) is 1.57. The SMILES string of the molecule is COCCOc1ncccc1[C@@H]1C(C(=O)C(C)C)=C(O)C(=O)N1c1ccc(Br)cc1. The Morgan fingerprint density at radius 2 is 1.93 bits per heavy atom. The highest BCUT2D eigenvalue weighted by molar-refractivity contribution is 9.10. The minimum absolute atomic E-state index is 0.0440. The number of hydrogen-bond donors (Lipinski definition) is 1. The molecule has 7 nitrogen and oxygen atoms in total. The van der Waals surface area contributed by atoms with Crippen molar-refractivity contribution in [1.82, 2.24) is 4.98 Å². The number of nitrogens with zero attached hydrogens (tertiary/aromatic N) is 2. The molecule has 30 heavy (non-hydrogen) atoms. The Morgan fingerprint density at radius 1 is 1.23 bits per heavy atom. The van der Waals surface area contributed by atoms with Crippen LogP contribution < -0.4 is 9.64 Å². The third-order valence-electron chi connectivity index (χ3n) is 4.72. The zero-order chi connectivity index (χ0) is 21.8. The van der Waals surface area contributed by atoms with Crippen LogP contribution in [0.2, 0.25) is 0 Å². The number of ether oxygens (including phenoxy) is 2. The molecular formula is C22H23BrN2O5. The summed E-state index contributed by atoms with van der Waals surface area (Å²) in [5, 5.41) is 10.7. The number of carbonyl (C=O) groups is 2. The van der Waals surface area contributed by atoms with Gasteiger partial charge < -0.3 is 14.6 Å². The fourth-order valence-electron chi connectivity index (χ4n) is 3.28. The number of Topliss-reactive ketones (excluding diaryl/α,β-unsaturated/α-hetero) is 1. The normalized spacial score (nSPS) is 16.5. The Balaban J connectivity index is 2.15. The first kappa shape index (κ1) is 22.0. The lowest BCUT2D eigenvalue weighted by Gasteiger charge is -2.28. The van der Waals surface area contributed by atoms with E-state index in [-0.39, 0.29) is 23.8 Å². The Bertz CT molecular complexity index is 972. The largest absolute Gasteiger partial charge is 0.503 e. The van der Waals surface area contributed by atoms with E-state index in [2.05, 4.69) is 20.9 Å². The van der Waals surface area contributed by atoms with Crippen LogP contribution in [0, 0.1) is 5.92 Å². The third kappa shape index (κ3) is 4.24. The van der Waals surface area contributed by atoms with E-state index >= 15 is 0 Å². The molecule has 2 aromatic rings. The molecule has 0 aliphatic carbocycles. The second-order valence-electron chi connectivity index (χ2n) is 7.07. The number of carbonyl (C=O) groups excluding carboxylic acids is 2. The standard InChI is InChI=1S/C22H23BrN2O5/c1-13(2)19(26)17-18(16-5-4-10-24-21(16)30-12-11-29-3)25(22(28)20(17)27)15-8-6-14(23)7-9-15/h4-10,13,18,27H,11-12H2,1-3H3/t18-/m1/s1. The molecule has 2 heterocycles. The van der Waals surface area contributed by atoms with Crippen molar-refractivity contribution < 1.29 is 24.2 Å². The zero-order valence-electron chi connectivity index (χ0n) is 17.0. The smallest absolute Gasteiger partial charge is 0.294 e. The maximum absolute atomic E-state index is 13.1. The minimum atomic E-state index is -0.861. The van der Waals surface area contributed by atoms with Gasteiger partial charge in [-0.2, -0.15) is 0 Å². The number of pyridine rings is 1. The Labute approximate surface area is 183 Å². The van der Waals surface area contributed by atoms with Crippen molar-refractivity contribution in [3.63, 3.8) is 0 Å². The fourth-order valence-corrected chi connectivity index (χ4v) is 3.55. The van der Waals surface area contributed by atoms with Gasteiger partial charge in [0.15, 0.2) is 11.5 Å². The van der Waals surface area contributed by atoms with E-state index < -0.39 is 23.6 Å². The number of aliphatic hydroxyl groups is 1. The van der Waals surface area contributed by atoms with E-state index in [1.165, 1.54) is 4.90 Å². The molecule has 1 aliphatic rings. The summed E-state index contributed by atoms with van der Waals surface area (Å²) in [6.45, 7) is 4.06. The summed E-state index contributed by atoms with van der Waals surface area (Å²) in [4.78, 5) is 31.7. The van der Waals surface area contributed by atoms with Crippen LogP contribution in [0.4, 0.5) is 5.69 Å². The van der Waals surface area contributed by atoms with Gasteiger partial charge in [0.1, 0.15) is 12.6 Å². The van der Waals surface area contributed by atoms with Crippen molar-refractivity contribution in [2.45, 2.75) is 19.9 Å². The van der Waals surface area contributed by atoms with E-state index in [9.17, 15) is 14.7 Å². The highest BCUT2D eigenvalue weighted by atomic mass is 79.9. The molecule has 0 radical (unpaired) electrons. The molecule has 0 saturated carbocycles. The van der Waals surface area contributed by atoms with Crippen LogP contribution in [0.5, 0.6) is 5.88 Å². The van der Waals surface area contributed by atoms with Gasteiger partial charge in [-0.05, 0) is 36.4 Å². The summed E-state index contributed by atoms with van der Waals surface area (Å²) in [5.74, 6) is -1.63. The third-order valence-corrected chi connectivity index (χ3v) is 5.25. The van der Waals surface area contributed by atoms with E-state index in [0.29, 0.717) is 17.9 Å². The number of benzene rings is 1. The maximum atomic E-state index is 13.1. The topological polar surface area (TPSA) is 89.0 Å². The second kappa shape index (κ2) is 9.40. The molecule has 0 saturated heterocycles. The van der Waals surface area contributed by atoms with Crippen molar-refractivity contribution in [3.8, 4) is 5.88 Å². The average Bonchev–Trinajstić information content (AvgIpc) is 2.99. The predicted octanol–water partition coefficient (Wildman–Crippen LogP) is 3.99. The van der Waals surface area contributed by atoms with Crippen molar-refractivity contribution in [1.29, 1.82) is 0 Å². The molecule has 1 aromatic carbocycles. The van der Waals surface area contributed by atoms with Gasteiger partial charge in [0.05, 0.1) is 12.2 Å². The van der Waals surface area contributed by atoms with Gasteiger partial charge in [-0.25, -0.2) is 4.98 Å². The molecular weight excluding hydrogens is 452 g/mol. The van der Waals surface area contributed by atoms with Gasteiger partial charge in [0.25, 0.3) is 5.91 Å². The van der Waals surface area contributed by atoms with Gasteiger partial charge >= 0.3 is 0 Å². The highest BCUT2D eigenvalue weighted by Gasteiger charge is 2.46. The lowest BCUT2D eigenvalue weighted by Crippen LogP contribution is -2.32. The molecule has 158 valence electrons. The van der Waals surface area contributed by atoms with Crippen LogP contribution in [-0.4, -0.2) is 42.1 Å². The molecule has 8 heteroatoms. The van der Waals surface area contributed by atoms with E-state index in [0.717, 1.165) is 4.47 Å². The number of aromatic nitrogens is 1. The lowest BCUT2D eigenvalue weighted by atomic mass is 9.91. The number of anilines is 1. The first-order valence-electron chi connectivity index (χ1n) is 9.50. The Kier molecular flexibility index (Phi) is 6.89. The number of halogens is 1. The van der Waals surface area contributed by atoms with E-state index in [1.54, 1.807) is 63.6 Å². The Hall–Kier alpha value is -2.71. The lowest BCUT2D eigenvalue weighted by molar-refractivity contribution is -0.119. The Morgan fingerprint density at radius 3 is 2.57 bits per heavy atom. The van der Waals surface area contributed by atoms with Gasteiger partial charge in [-0.15, -0.1) is 0 Å². The molecule has 0 spiro atoms. The average molecular weight is 475 g/mol. The molecule has 0 unspecified atom stereocenters. The summed E-state index contributed by atoms with van der Waals surface area (Å²) < 4.78 is 11.6. The van der Waals surface area contributed by atoms with Crippen LogP contribution in [-0.2, 0) is 14.3 Å². The van der Waals surface area contributed by atoms with Gasteiger partial charge in [-0.3, -0.25) is 14.5 Å². The van der Waals surface area contributed by atoms with Crippen LogP contribution in [0.1, 0.15) is 25.5 Å². The first-order valence-corrected chi connectivity index (χ1v) is 10.3. The molecule has 0 bridgehead atoms. The van der Waals surface area contributed by atoms with Crippen molar-refractivity contribution in [2.24, 2.45) is 5.92 Å². The molecule has 1 amide bonds. The summed E-state index contributed by atoms with van der Waals surface area (Å²) in [6, 6.07) is 9.65. The van der Waals surface area contributed by atoms with Crippen molar-refractivity contribution >= 4 is 33.3 Å². The minimum Gasteiger partial charge on any atom is -0.503 e. The predicted molar refractivity (Wildman–Crippen MR) is 115 cm³/mol. The number of rotatable bonds is 8. The molecule has 3 rings (SSSR count). The van der Waals surface area contributed by atoms with Gasteiger partial charge in [-0.1, -0.05) is 29.8 Å². The monoisotopic (exact) mass is 474 g/mol. The fraction of sp³-hybridized carbons (Fsp3) is 0.318. The van der Waals surface area contributed by atoms with Gasteiger partial charge in [0, 0.05) is 34.9 Å². The van der Waals surface area contributed by atoms with E-state index in [1.807, 2.05) is 0 Å². The van der Waals surface area contributed by atoms with Crippen molar-refractivity contribution in [2.75, 3.05) is 25.2 Å². The number of aliphatic hydroxyl groups excluding tert-OH is 1. The van der Waals surface area contributed by atoms with Crippen LogP contribution in [0.25, 0.3) is 0 Å². The number of ketones is 1. The summed E-state index contributed by atoms with van der Waals surface area (Å²) >= 11 is 3.38. The maximum Gasteiger partial charge on any atom is 0.294 e. The molecule has 1 aliphatic heterocycles. The zero-order valence-corrected chi connectivity index (χ0v) is 18.5. The second-order valence-corrected chi connectivity index (χ2v) is 7.99. The van der Waals surface area contributed by atoms with Crippen LogP contribution in [0.15, 0.2) is 58.4 Å². The van der Waals surface area contributed by atoms with Crippen LogP contribution >= 0.6 is 15.9 Å². The molecule has 0 fully saturated rings. The molecule has 1 N–H and O–H groups in total. The van der Waals surface area contributed by atoms with Crippen molar-refractivity contribution in [3.05, 3.63) is 64.0 Å². The number of hydrogen-bond acceptors (Lipinski definition) is 6. The van der Waals surface area contributed by atoms with Crippen LogP contribution in [0.3, 0.4) is 0 Å². The molecule has 1 atom stereocenters.